The summed E-state index contributed by atoms with van der Waals surface area (Å²) in [5.41, 5.74) is 2.25. The molecule has 9 nitrogen and oxygen atoms in total. The quantitative estimate of drug-likeness (QED) is 0.511. The number of esters is 1. The van der Waals surface area contributed by atoms with Gasteiger partial charge in [0.1, 0.15) is 6.54 Å². The van der Waals surface area contributed by atoms with E-state index in [4.69, 9.17) is 14.2 Å². The maximum atomic E-state index is 12.4. The van der Waals surface area contributed by atoms with E-state index in [9.17, 15) is 14.4 Å². The monoisotopic (exact) mass is 444 g/mol. The first-order chi connectivity index (χ1) is 15.4. The molecule has 0 aliphatic carbocycles. The number of amides is 2. The molecule has 0 spiro atoms. The van der Waals surface area contributed by atoms with Crippen molar-refractivity contribution in [3.8, 4) is 17.2 Å². The highest BCUT2D eigenvalue weighted by atomic mass is 16.5. The first-order valence-corrected chi connectivity index (χ1v) is 9.91. The molecule has 32 heavy (non-hydrogen) atoms. The molecule has 0 unspecified atom stereocenters. The fourth-order valence-electron chi connectivity index (χ4n) is 2.96. The van der Waals surface area contributed by atoms with Gasteiger partial charge in [0.15, 0.2) is 11.5 Å². The summed E-state index contributed by atoms with van der Waals surface area (Å²) in [6.07, 6.45) is 0.865. The maximum absolute atomic E-state index is 12.4. The minimum atomic E-state index is -0.511. The standard InChI is InChI=1S/C23H28N2O7/c1-29-18-11-16(12-19(30-2)23(18)32-4)7-10-20(26)25-17-8-5-15(6-9-17)13-21(27)24-14-22(28)31-3/h5-6,8-9,11-12H,7,10,13-14H2,1-4H3,(H,24,27)(H,25,26). The fraction of sp³-hybridized carbons (Fsp3) is 0.348. The van der Waals surface area contributed by atoms with E-state index in [1.54, 1.807) is 38.5 Å². The van der Waals surface area contributed by atoms with Crippen LogP contribution >= 0.6 is 0 Å². The molecule has 0 atom stereocenters. The lowest BCUT2D eigenvalue weighted by Gasteiger charge is -2.14. The van der Waals surface area contributed by atoms with Crippen LogP contribution < -0.4 is 24.8 Å². The van der Waals surface area contributed by atoms with Crippen LogP contribution in [0.5, 0.6) is 17.2 Å². The van der Waals surface area contributed by atoms with Crippen LogP contribution in [0.15, 0.2) is 36.4 Å². The molecule has 9 heteroatoms. The van der Waals surface area contributed by atoms with Crippen molar-refractivity contribution in [3.63, 3.8) is 0 Å². The number of carbonyl (C=O) groups excluding carboxylic acids is 3. The van der Waals surface area contributed by atoms with Crippen molar-refractivity contribution in [3.05, 3.63) is 47.5 Å². The fourth-order valence-corrected chi connectivity index (χ4v) is 2.96. The summed E-state index contributed by atoms with van der Waals surface area (Å²) in [7, 11) is 5.88. The summed E-state index contributed by atoms with van der Waals surface area (Å²) in [6.45, 7) is -0.171. The lowest BCUT2D eigenvalue weighted by Crippen LogP contribution is -2.31. The predicted octanol–water partition coefficient (Wildman–Crippen LogP) is 2.12. The van der Waals surface area contributed by atoms with Gasteiger partial charge in [0.05, 0.1) is 34.9 Å². The molecule has 172 valence electrons. The van der Waals surface area contributed by atoms with E-state index >= 15 is 0 Å². The average molecular weight is 444 g/mol. The van der Waals surface area contributed by atoms with Crippen molar-refractivity contribution < 1.29 is 33.3 Å². The third kappa shape index (κ3) is 7.19. The van der Waals surface area contributed by atoms with Crippen LogP contribution in [-0.4, -0.2) is 52.8 Å². The SMILES string of the molecule is COC(=O)CNC(=O)Cc1ccc(NC(=O)CCc2cc(OC)c(OC)c(OC)c2)cc1. The Hall–Kier alpha value is -3.75. The molecule has 0 saturated heterocycles. The maximum Gasteiger partial charge on any atom is 0.325 e. The average Bonchev–Trinajstić information content (AvgIpc) is 2.81. The zero-order valence-electron chi connectivity index (χ0n) is 18.7. The molecule has 2 rings (SSSR count). The third-order valence-electron chi connectivity index (χ3n) is 4.63. The summed E-state index contributed by atoms with van der Waals surface area (Å²) >= 11 is 0. The van der Waals surface area contributed by atoms with E-state index in [-0.39, 0.29) is 31.2 Å². The number of rotatable bonds is 11. The Morgan fingerprint density at radius 3 is 1.97 bits per heavy atom. The summed E-state index contributed by atoms with van der Waals surface area (Å²) in [6, 6.07) is 10.6. The van der Waals surface area contributed by atoms with Gasteiger partial charge in [-0.2, -0.15) is 0 Å². The van der Waals surface area contributed by atoms with Gasteiger partial charge >= 0.3 is 5.97 Å². The summed E-state index contributed by atoms with van der Waals surface area (Å²) in [4.78, 5) is 35.2. The number of nitrogens with one attached hydrogen (secondary N) is 2. The summed E-state index contributed by atoms with van der Waals surface area (Å²) in [5, 5.41) is 5.31. The van der Waals surface area contributed by atoms with Crippen molar-refractivity contribution in [2.75, 3.05) is 40.3 Å². The van der Waals surface area contributed by atoms with Gasteiger partial charge < -0.3 is 29.6 Å². The number of methoxy groups -OCH3 is 4. The lowest BCUT2D eigenvalue weighted by molar-refractivity contribution is -0.141. The Kier molecular flexibility index (Phi) is 9.34. The minimum absolute atomic E-state index is 0.117. The van der Waals surface area contributed by atoms with Crippen LogP contribution in [0.4, 0.5) is 5.69 Å². The van der Waals surface area contributed by atoms with Gasteiger partial charge in [0.2, 0.25) is 17.6 Å². The van der Waals surface area contributed by atoms with E-state index in [1.165, 1.54) is 14.2 Å². The van der Waals surface area contributed by atoms with E-state index in [0.29, 0.717) is 29.4 Å². The van der Waals surface area contributed by atoms with Crippen LogP contribution in [0.1, 0.15) is 17.5 Å². The highest BCUT2D eigenvalue weighted by molar-refractivity contribution is 5.91. The Morgan fingerprint density at radius 1 is 0.812 bits per heavy atom. The molecule has 2 aromatic rings. The number of hydrogen-bond acceptors (Lipinski definition) is 7. The van der Waals surface area contributed by atoms with Crippen molar-refractivity contribution in [1.29, 1.82) is 0 Å². The normalized spacial score (nSPS) is 10.1. The number of aryl methyl sites for hydroxylation is 1. The number of anilines is 1. The highest BCUT2D eigenvalue weighted by Crippen LogP contribution is 2.38. The zero-order valence-corrected chi connectivity index (χ0v) is 18.7. The second kappa shape index (κ2) is 12.2. The first kappa shape index (κ1) is 24.5. The van der Waals surface area contributed by atoms with Crippen molar-refractivity contribution >= 4 is 23.5 Å². The molecular formula is C23H28N2O7. The minimum Gasteiger partial charge on any atom is -0.493 e. The van der Waals surface area contributed by atoms with Crippen LogP contribution in [0.25, 0.3) is 0 Å². The van der Waals surface area contributed by atoms with E-state index in [2.05, 4.69) is 15.4 Å². The topological polar surface area (TPSA) is 112 Å². The van der Waals surface area contributed by atoms with Gasteiger partial charge in [0.25, 0.3) is 0 Å². The Labute approximate surface area is 187 Å². The van der Waals surface area contributed by atoms with Gasteiger partial charge in [0, 0.05) is 12.1 Å². The van der Waals surface area contributed by atoms with Gasteiger partial charge in [-0.05, 0) is 41.8 Å². The smallest absolute Gasteiger partial charge is 0.325 e. The molecule has 2 amide bonds. The van der Waals surface area contributed by atoms with Crippen LogP contribution in [0, 0.1) is 0 Å². The predicted molar refractivity (Wildman–Crippen MR) is 118 cm³/mol. The van der Waals surface area contributed by atoms with Crippen LogP contribution in [0.3, 0.4) is 0 Å². The van der Waals surface area contributed by atoms with Gasteiger partial charge in [-0.15, -0.1) is 0 Å². The van der Waals surface area contributed by atoms with E-state index < -0.39 is 5.97 Å². The van der Waals surface area contributed by atoms with Gasteiger partial charge in [-0.25, -0.2) is 0 Å². The molecule has 0 heterocycles. The van der Waals surface area contributed by atoms with Crippen LogP contribution in [0.2, 0.25) is 0 Å². The Balaban J connectivity index is 1.88. The second-order valence-corrected chi connectivity index (χ2v) is 6.81. The molecule has 0 saturated carbocycles. The molecule has 0 aliphatic rings. The molecule has 0 radical (unpaired) electrons. The highest BCUT2D eigenvalue weighted by Gasteiger charge is 2.14. The summed E-state index contributed by atoms with van der Waals surface area (Å²) in [5.74, 6) is 0.618. The second-order valence-electron chi connectivity index (χ2n) is 6.81. The number of carbonyl (C=O) groups is 3. The molecule has 2 N–H and O–H groups in total. The lowest BCUT2D eigenvalue weighted by atomic mass is 10.1. The van der Waals surface area contributed by atoms with Crippen LogP contribution in [-0.2, 0) is 32.0 Å². The molecule has 0 aromatic heterocycles. The zero-order chi connectivity index (χ0) is 23.5. The molecule has 0 fully saturated rings. The number of hydrogen-bond donors (Lipinski definition) is 2. The van der Waals surface area contributed by atoms with Gasteiger partial charge in [-0.1, -0.05) is 12.1 Å². The molecule has 2 aromatic carbocycles. The van der Waals surface area contributed by atoms with Crippen molar-refractivity contribution in [2.24, 2.45) is 0 Å². The Bertz CT molecular complexity index is 917. The Morgan fingerprint density at radius 2 is 1.44 bits per heavy atom. The largest absolute Gasteiger partial charge is 0.493 e. The van der Waals surface area contributed by atoms with E-state index in [1.807, 2.05) is 12.1 Å². The molecule has 0 bridgehead atoms. The number of benzene rings is 2. The first-order valence-electron chi connectivity index (χ1n) is 9.91. The summed E-state index contributed by atoms with van der Waals surface area (Å²) < 4.78 is 20.5. The van der Waals surface area contributed by atoms with Crippen molar-refractivity contribution in [2.45, 2.75) is 19.3 Å². The van der Waals surface area contributed by atoms with E-state index in [0.717, 1.165) is 11.1 Å². The molecular weight excluding hydrogens is 416 g/mol. The van der Waals surface area contributed by atoms with Gasteiger partial charge in [-0.3, -0.25) is 14.4 Å². The van der Waals surface area contributed by atoms with Crippen molar-refractivity contribution in [1.82, 2.24) is 5.32 Å². The third-order valence-corrected chi connectivity index (χ3v) is 4.63. The number of ether oxygens (including phenoxy) is 4. The molecule has 0 aliphatic heterocycles.